The Kier molecular flexibility index (Phi) is 3.77. The summed E-state index contributed by atoms with van der Waals surface area (Å²) < 4.78 is 0. The summed E-state index contributed by atoms with van der Waals surface area (Å²) in [4.78, 5) is 0. The molecule has 1 aliphatic heterocycles. The largest absolute Gasteiger partial charge is 0.508 e. The molecule has 1 heterocycles. The summed E-state index contributed by atoms with van der Waals surface area (Å²) in [6.45, 7) is 4.16. The summed E-state index contributed by atoms with van der Waals surface area (Å²) in [5.41, 5.74) is 3.37. The second-order valence-corrected chi connectivity index (χ2v) is 4.73. The van der Waals surface area contributed by atoms with Crippen LogP contribution in [-0.4, -0.2) is 16.6 Å². The van der Waals surface area contributed by atoms with Gasteiger partial charge in [-0.1, -0.05) is 13.0 Å². The minimum absolute atomic E-state index is 0.307. The molecule has 98 valence electrons. The van der Waals surface area contributed by atoms with Gasteiger partial charge in [-0.2, -0.15) is 0 Å². The molecule has 0 saturated carbocycles. The molecule has 1 aliphatic rings. The molecule has 1 aromatic rings. The van der Waals surface area contributed by atoms with Crippen LogP contribution in [0.25, 0.3) is 0 Å². The van der Waals surface area contributed by atoms with Gasteiger partial charge in [0.25, 0.3) is 0 Å². The number of aromatic hydroxyl groups is 1. The lowest BCUT2D eigenvalue weighted by molar-refractivity contribution is 0.140. The highest BCUT2D eigenvalue weighted by atomic mass is 16.3. The molecule has 0 radical (unpaired) electrons. The number of aliphatic hydroxyl groups excluding tert-OH is 1. The molecule has 18 heavy (non-hydrogen) atoms. The minimum Gasteiger partial charge on any atom is -0.508 e. The number of rotatable bonds is 4. The molecule has 0 aliphatic carbocycles. The van der Waals surface area contributed by atoms with Crippen molar-refractivity contribution in [2.75, 3.05) is 0 Å². The van der Waals surface area contributed by atoms with Crippen LogP contribution in [0, 0.1) is 6.92 Å². The Balaban J connectivity index is 2.13. The maximum Gasteiger partial charge on any atom is 0.202 e. The zero-order valence-electron chi connectivity index (χ0n) is 10.8. The summed E-state index contributed by atoms with van der Waals surface area (Å²) in [5, 5.41) is 24.6. The van der Waals surface area contributed by atoms with Gasteiger partial charge in [0.2, 0.25) is 6.35 Å². The highest BCUT2D eigenvalue weighted by Crippen LogP contribution is 2.30. The van der Waals surface area contributed by atoms with E-state index in [1.807, 2.05) is 19.2 Å². The zero-order valence-corrected chi connectivity index (χ0v) is 10.8. The lowest BCUT2D eigenvalue weighted by Gasteiger charge is -2.19. The molecule has 4 heteroatoms. The van der Waals surface area contributed by atoms with Crippen molar-refractivity contribution in [1.82, 2.24) is 10.6 Å². The van der Waals surface area contributed by atoms with E-state index < -0.39 is 6.35 Å². The molecule has 0 aromatic heterocycles. The summed E-state index contributed by atoms with van der Waals surface area (Å²) in [6.07, 6.45) is 3.02. The van der Waals surface area contributed by atoms with Gasteiger partial charge in [-0.3, -0.25) is 0 Å². The Morgan fingerprint density at radius 3 is 2.72 bits per heavy atom. The van der Waals surface area contributed by atoms with Gasteiger partial charge in [-0.15, -0.1) is 0 Å². The van der Waals surface area contributed by atoms with Gasteiger partial charge in [-0.25, -0.2) is 0 Å². The Labute approximate surface area is 107 Å². The molecule has 2 atom stereocenters. The number of aliphatic hydroxyl groups is 1. The molecule has 4 N–H and O–H groups in total. The first-order valence-electron chi connectivity index (χ1n) is 6.29. The minimum atomic E-state index is -0.668. The van der Waals surface area contributed by atoms with E-state index in [4.69, 9.17) is 0 Å². The average molecular weight is 248 g/mol. The number of aryl methyl sites for hydroxylation is 1. The summed E-state index contributed by atoms with van der Waals surface area (Å²) in [7, 11) is 0. The Hall–Kier alpha value is -1.68. The molecule has 0 fully saturated rings. The van der Waals surface area contributed by atoms with Gasteiger partial charge in [0, 0.05) is 11.9 Å². The van der Waals surface area contributed by atoms with Crippen LogP contribution < -0.4 is 10.6 Å². The maximum absolute atomic E-state index is 9.44. The predicted octanol–water partition coefficient (Wildman–Crippen LogP) is 1.89. The number of hydrogen-bond acceptors (Lipinski definition) is 4. The van der Waals surface area contributed by atoms with Gasteiger partial charge < -0.3 is 20.8 Å². The van der Waals surface area contributed by atoms with E-state index in [0.717, 1.165) is 24.1 Å². The first-order chi connectivity index (χ1) is 8.60. The number of benzene rings is 1. The van der Waals surface area contributed by atoms with Crippen molar-refractivity contribution >= 4 is 0 Å². The Bertz CT molecular complexity index is 457. The van der Waals surface area contributed by atoms with Gasteiger partial charge >= 0.3 is 0 Å². The number of phenolic OH excluding ortho intramolecular Hbond substituents is 1. The van der Waals surface area contributed by atoms with Crippen LogP contribution in [-0.2, 0) is 0 Å². The quantitative estimate of drug-likeness (QED) is 0.657. The summed E-state index contributed by atoms with van der Waals surface area (Å²) in [5.74, 6) is 0.692. The van der Waals surface area contributed by atoms with E-state index in [2.05, 4.69) is 17.6 Å². The number of nitrogens with one attached hydrogen (secondary N) is 2. The lowest BCUT2D eigenvalue weighted by atomic mass is 9.89. The van der Waals surface area contributed by atoms with E-state index >= 15 is 0 Å². The van der Waals surface area contributed by atoms with Gasteiger partial charge in [0.05, 0.1) is 0 Å². The third-order valence-corrected chi connectivity index (χ3v) is 3.39. The average Bonchev–Trinajstić information content (AvgIpc) is 2.72. The first kappa shape index (κ1) is 12.8. The first-order valence-corrected chi connectivity index (χ1v) is 6.29. The van der Waals surface area contributed by atoms with Crippen molar-refractivity contribution in [3.63, 3.8) is 0 Å². The smallest absolute Gasteiger partial charge is 0.202 e. The highest BCUT2D eigenvalue weighted by Gasteiger charge is 2.18. The third-order valence-electron chi connectivity index (χ3n) is 3.39. The van der Waals surface area contributed by atoms with Gasteiger partial charge in [0.1, 0.15) is 5.75 Å². The van der Waals surface area contributed by atoms with Crippen molar-refractivity contribution in [3.05, 3.63) is 41.2 Å². The maximum atomic E-state index is 9.44. The molecular formula is C14H20N2O2. The fourth-order valence-corrected chi connectivity index (χ4v) is 2.41. The SMILES string of the molecule is CCC(CC1=CNC(O)N1)c1ccc(O)cc1C. The lowest BCUT2D eigenvalue weighted by Crippen LogP contribution is -2.31. The molecular weight excluding hydrogens is 228 g/mol. The van der Waals surface area contributed by atoms with Crippen LogP contribution in [0.5, 0.6) is 5.75 Å². The number of allylic oxidation sites excluding steroid dienone is 1. The Morgan fingerprint density at radius 2 is 2.17 bits per heavy atom. The fourth-order valence-electron chi connectivity index (χ4n) is 2.41. The standard InChI is InChI=1S/C14H20N2O2/c1-3-10(7-11-8-15-14(18)16-11)13-5-4-12(17)6-9(13)2/h4-6,8,10,14-18H,3,7H2,1-2H3. The van der Waals surface area contributed by atoms with Crippen molar-refractivity contribution in [3.8, 4) is 5.75 Å². The van der Waals surface area contributed by atoms with Gasteiger partial charge in [0.15, 0.2) is 0 Å². The normalized spacial score (nSPS) is 19.9. The molecule has 0 bridgehead atoms. The van der Waals surface area contributed by atoms with Crippen LogP contribution in [0.2, 0.25) is 0 Å². The highest BCUT2D eigenvalue weighted by molar-refractivity contribution is 5.36. The van der Waals surface area contributed by atoms with Gasteiger partial charge in [-0.05, 0) is 48.9 Å². The van der Waals surface area contributed by atoms with Crippen molar-refractivity contribution < 1.29 is 10.2 Å². The molecule has 0 spiro atoms. The topological polar surface area (TPSA) is 64.5 Å². The summed E-state index contributed by atoms with van der Waals surface area (Å²) in [6, 6.07) is 5.51. The second-order valence-electron chi connectivity index (χ2n) is 4.73. The third kappa shape index (κ3) is 2.76. The molecule has 2 rings (SSSR count). The van der Waals surface area contributed by atoms with Crippen LogP contribution in [0.3, 0.4) is 0 Å². The second kappa shape index (κ2) is 5.31. The van der Waals surface area contributed by atoms with Crippen LogP contribution in [0.1, 0.15) is 36.8 Å². The van der Waals surface area contributed by atoms with E-state index in [1.165, 1.54) is 5.56 Å². The van der Waals surface area contributed by atoms with Crippen LogP contribution >= 0.6 is 0 Å². The van der Waals surface area contributed by atoms with Crippen LogP contribution in [0.4, 0.5) is 0 Å². The van der Waals surface area contributed by atoms with E-state index in [9.17, 15) is 10.2 Å². The monoisotopic (exact) mass is 248 g/mol. The van der Waals surface area contributed by atoms with E-state index in [0.29, 0.717) is 11.7 Å². The number of phenols is 1. The molecule has 0 amide bonds. The van der Waals surface area contributed by atoms with E-state index in [-0.39, 0.29) is 0 Å². The van der Waals surface area contributed by atoms with Crippen LogP contribution in [0.15, 0.2) is 30.1 Å². The molecule has 4 nitrogen and oxygen atoms in total. The summed E-state index contributed by atoms with van der Waals surface area (Å²) >= 11 is 0. The number of hydrogen-bond donors (Lipinski definition) is 4. The van der Waals surface area contributed by atoms with Crippen molar-refractivity contribution in [2.24, 2.45) is 0 Å². The molecule has 1 aromatic carbocycles. The fraction of sp³-hybridized carbons (Fsp3) is 0.429. The van der Waals surface area contributed by atoms with Crippen molar-refractivity contribution in [1.29, 1.82) is 0 Å². The van der Waals surface area contributed by atoms with E-state index in [1.54, 1.807) is 12.1 Å². The zero-order chi connectivity index (χ0) is 13.1. The molecule has 2 unspecified atom stereocenters. The Morgan fingerprint density at radius 1 is 1.39 bits per heavy atom. The van der Waals surface area contributed by atoms with Crippen molar-refractivity contribution in [2.45, 2.75) is 39.0 Å². The molecule has 0 saturated heterocycles. The predicted molar refractivity (Wildman–Crippen MR) is 70.9 cm³/mol.